The van der Waals surface area contributed by atoms with Crippen LogP contribution in [0.4, 0.5) is 0 Å². The second kappa shape index (κ2) is 5.63. The van der Waals surface area contributed by atoms with Gasteiger partial charge in [0.15, 0.2) is 0 Å². The molecule has 0 amide bonds. The van der Waals surface area contributed by atoms with Gasteiger partial charge >= 0.3 is 0 Å². The van der Waals surface area contributed by atoms with Crippen LogP contribution in [0.2, 0.25) is 0 Å². The predicted octanol–water partition coefficient (Wildman–Crippen LogP) is 3.53. The number of hydrogen-bond acceptors (Lipinski definition) is 3. The topological polar surface area (TPSA) is 43.4 Å². The van der Waals surface area contributed by atoms with Gasteiger partial charge in [0.25, 0.3) is 10.1 Å². The smallest absolute Gasteiger partial charge is 0.263 e. The summed E-state index contributed by atoms with van der Waals surface area (Å²) in [7, 11) is -3.62. The van der Waals surface area contributed by atoms with E-state index < -0.39 is 10.1 Å². The van der Waals surface area contributed by atoms with Crippen LogP contribution in [-0.4, -0.2) is 14.5 Å². The van der Waals surface area contributed by atoms with E-state index in [4.69, 9.17) is 4.18 Å². The fourth-order valence-electron chi connectivity index (χ4n) is 2.89. The molecule has 3 nitrogen and oxygen atoms in total. The molecule has 0 spiro atoms. The van der Waals surface area contributed by atoms with Crippen molar-refractivity contribution in [2.75, 3.05) is 0 Å². The van der Waals surface area contributed by atoms with Gasteiger partial charge in [0.1, 0.15) is 0 Å². The van der Waals surface area contributed by atoms with E-state index in [1.165, 1.54) is 0 Å². The normalized spacial score (nSPS) is 28.3. The van der Waals surface area contributed by atoms with Gasteiger partial charge < -0.3 is 0 Å². The summed E-state index contributed by atoms with van der Waals surface area (Å²) in [6.45, 7) is 6.25. The van der Waals surface area contributed by atoms with E-state index >= 15 is 0 Å². The molecule has 0 heterocycles. The van der Waals surface area contributed by atoms with Crippen LogP contribution in [0.15, 0.2) is 29.2 Å². The van der Waals surface area contributed by atoms with E-state index in [-0.39, 0.29) is 11.0 Å². The standard InChI is InChI=1S/C15H22O3S/c1-11-4-6-15(7-5-11)19(16,17)18-14-9-12(2)8-13(3)10-14/h4-7,12-14H,8-10H2,1-3H3. The van der Waals surface area contributed by atoms with E-state index in [0.717, 1.165) is 24.8 Å². The molecule has 1 aliphatic carbocycles. The van der Waals surface area contributed by atoms with Crippen molar-refractivity contribution in [1.29, 1.82) is 0 Å². The highest BCUT2D eigenvalue weighted by Gasteiger charge is 2.29. The Morgan fingerprint density at radius 1 is 1.00 bits per heavy atom. The molecule has 2 rings (SSSR count). The number of hydrogen-bond donors (Lipinski definition) is 0. The Morgan fingerprint density at radius 3 is 2.05 bits per heavy atom. The second-order valence-corrected chi connectivity index (χ2v) is 7.47. The van der Waals surface area contributed by atoms with E-state index in [1.807, 2.05) is 6.92 Å². The van der Waals surface area contributed by atoms with Crippen molar-refractivity contribution < 1.29 is 12.6 Å². The molecule has 1 fully saturated rings. The van der Waals surface area contributed by atoms with Gasteiger partial charge in [-0.3, -0.25) is 4.18 Å². The molecule has 2 atom stereocenters. The predicted molar refractivity (Wildman–Crippen MR) is 75.4 cm³/mol. The highest BCUT2D eigenvalue weighted by Crippen LogP contribution is 2.32. The van der Waals surface area contributed by atoms with Gasteiger partial charge in [-0.05, 0) is 50.2 Å². The zero-order valence-corrected chi connectivity index (χ0v) is 12.6. The lowest BCUT2D eigenvalue weighted by Gasteiger charge is -2.30. The van der Waals surface area contributed by atoms with E-state index in [1.54, 1.807) is 24.3 Å². The highest BCUT2D eigenvalue weighted by atomic mass is 32.2. The zero-order valence-electron chi connectivity index (χ0n) is 11.8. The molecule has 1 aliphatic rings. The maximum absolute atomic E-state index is 12.2. The van der Waals surface area contributed by atoms with Gasteiger partial charge in [-0.25, -0.2) is 0 Å². The second-order valence-electron chi connectivity index (χ2n) is 5.90. The summed E-state index contributed by atoms with van der Waals surface area (Å²) >= 11 is 0. The number of benzene rings is 1. The van der Waals surface area contributed by atoms with Gasteiger partial charge in [0, 0.05) is 0 Å². The van der Waals surface area contributed by atoms with Crippen molar-refractivity contribution >= 4 is 10.1 Å². The maximum atomic E-state index is 12.2. The molecule has 0 bridgehead atoms. The van der Waals surface area contributed by atoms with Crippen molar-refractivity contribution in [3.63, 3.8) is 0 Å². The SMILES string of the molecule is Cc1ccc(S(=O)(=O)OC2CC(C)CC(C)C2)cc1. The van der Waals surface area contributed by atoms with Gasteiger partial charge in [0.2, 0.25) is 0 Å². The van der Waals surface area contributed by atoms with Crippen LogP contribution in [0, 0.1) is 18.8 Å². The summed E-state index contributed by atoms with van der Waals surface area (Å²) < 4.78 is 29.8. The van der Waals surface area contributed by atoms with E-state index in [2.05, 4.69) is 13.8 Å². The molecular weight excluding hydrogens is 260 g/mol. The molecule has 2 unspecified atom stereocenters. The molecule has 1 saturated carbocycles. The summed E-state index contributed by atoms with van der Waals surface area (Å²) in [5.41, 5.74) is 1.04. The quantitative estimate of drug-likeness (QED) is 0.797. The average Bonchev–Trinajstić information content (AvgIpc) is 2.27. The van der Waals surface area contributed by atoms with Crippen molar-refractivity contribution in [2.24, 2.45) is 11.8 Å². The van der Waals surface area contributed by atoms with Gasteiger partial charge in [0.05, 0.1) is 11.0 Å². The van der Waals surface area contributed by atoms with Crippen LogP contribution in [0.3, 0.4) is 0 Å². The lowest BCUT2D eigenvalue weighted by atomic mass is 9.82. The molecule has 1 aromatic rings. The minimum absolute atomic E-state index is 0.176. The Morgan fingerprint density at radius 2 is 1.53 bits per heavy atom. The first-order valence-corrected chi connectivity index (χ1v) is 8.27. The monoisotopic (exact) mass is 282 g/mol. The fourth-order valence-corrected chi connectivity index (χ4v) is 3.99. The van der Waals surface area contributed by atoms with Crippen molar-refractivity contribution in [2.45, 2.75) is 51.0 Å². The van der Waals surface area contributed by atoms with Crippen molar-refractivity contribution in [1.82, 2.24) is 0 Å². The Labute approximate surface area is 116 Å². The molecule has 0 radical (unpaired) electrons. The molecule has 0 N–H and O–H groups in total. The van der Waals surface area contributed by atoms with Crippen LogP contribution in [0.5, 0.6) is 0 Å². The minimum Gasteiger partial charge on any atom is -0.263 e. The first kappa shape index (κ1) is 14.5. The highest BCUT2D eigenvalue weighted by molar-refractivity contribution is 7.86. The molecule has 0 saturated heterocycles. The van der Waals surface area contributed by atoms with Crippen molar-refractivity contribution in [3.8, 4) is 0 Å². The van der Waals surface area contributed by atoms with Crippen LogP contribution in [0.1, 0.15) is 38.7 Å². The Kier molecular flexibility index (Phi) is 4.31. The average molecular weight is 282 g/mol. The Bertz CT molecular complexity index is 509. The fraction of sp³-hybridized carbons (Fsp3) is 0.600. The van der Waals surface area contributed by atoms with Crippen LogP contribution in [0.25, 0.3) is 0 Å². The number of aryl methyl sites for hydroxylation is 1. The first-order valence-electron chi connectivity index (χ1n) is 6.87. The largest absolute Gasteiger partial charge is 0.297 e. The van der Waals surface area contributed by atoms with E-state index in [9.17, 15) is 8.42 Å². The van der Waals surface area contributed by atoms with E-state index in [0.29, 0.717) is 11.8 Å². The molecule has 106 valence electrons. The Balaban J connectivity index is 2.10. The molecule has 0 aromatic heterocycles. The third-order valence-electron chi connectivity index (χ3n) is 3.71. The lowest BCUT2D eigenvalue weighted by Crippen LogP contribution is -2.28. The molecule has 1 aromatic carbocycles. The van der Waals surface area contributed by atoms with Gasteiger partial charge in [-0.15, -0.1) is 0 Å². The molecule has 19 heavy (non-hydrogen) atoms. The first-order chi connectivity index (χ1) is 8.87. The lowest BCUT2D eigenvalue weighted by molar-refractivity contribution is 0.107. The third kappa shape index (κ3) is 3.80. The molecule has 4 heteroatoms. The van der Waals surface area contributed by atoms with Gasteiger partial charge in [-0.2, -0.15) is 8.42 Å². The minimum atomic E-state index is -3.62. The van der Waals surface area contributed by atoms with Crippen LogP contribution in [-0.2, 0) is 14.3 Å². The summed E-state index contributed by atoms with van der Waals surface area (Å²) in [6.07, 6.45) is 2.64. The summed E-state index contributed by atoms with van der Waals surface area (Å²) in [5, 5.41) is 0. The molecular formula is C15H22O3S. The van der Waals surface area contributed by atoms with Gasteiger partial charge in [-0.1, -0.05) is 31.5 Å². The van der Waals surface area contributed by atoms with Crippen LogP contribution >= 0.6 is 0 Å². The maximum Gasteiger partial charge on any atom is 0.297 e. The summed E-state index contributed by atoms with van der Waals surface area (Å²) in [6, 6.07) is 6.81. The van der Waals surface area contributed by atoms with Crippen LogP contribution < -0.4 is 0 Å². The van der Waals surface area contributed by atoms with Crippen molar-refractivity contribution in [3.05, 3.63) is 29.8 Å². The number of rotatable bonds is 3. The summed E-state index contributed by atoms with van der Waals surface area (Å²) in [5.74, 6) is 1.06. The third-order valence-corrected chi connectivity index (χ3v) is 5.08. The Hall–Kier alpha value is -0.870. The molecule has 0 aliphatic heterocycles. The zero-order chi connectivity index (χ0) is 14.0. The summed E-state index contributed by atoms with van der Waals surface area (Å²) in [4.78, 5) is 0.254.